The van der Waals surface area contributed by atoms with Gasteiger partial charge in [0.1, 0.15) is 36.3 Å². The molecular formula is C35H58N10O16. The maximum Gasteiger partial charge on any atom is 0.326 e. The number of hydrogen-bond acceptors (Lipinski definition) is 14. The Hall–Kier alpha value is -6.44. The first kappa shape index (κ1) is 54.6. The van der Waals surface area contributed by atoms with Crippen LogP contribution in [0.25, 0.3) is 0 Å². The van der Waals surface area contributed by atoms with Gasteiger partial charge in [-0.25, -0.2) is 4.79 Å². The van der Waals surface area contributed by atoms with Gasteiger partial charge in [-0.15, -0.1) is 0 Å². The van der Waals surface area contributed by atoms with Crippen LogP contribution in [0.3, 0.4) is 0 Å². The number of carbonyl (C=O) groups excluding carboxylic acids is 8. The zero-order valence-electron chi connectivity index (χ0n) is 33.8. The monoisotopic (exact) mass is 874 g/mol. The molecule has 0 radical (unpaired) electrons. The quantitative estimate of drug-likeness (QED) is 0.0281. The third-order valence-corrected chi connectivity index (χ3v) is 8.55. The van der Waals surface area contributed by atoms with Gasteiger partial charge < -0.3 is 75.3 Å². The second-order valence-corrected chi connectivity index (χ2v) is 14.4. The first-order chi connectivity index (χ1) is 28.4. The minimum Gasteiger partial charge on any atom is -0.481 e. The van der Waals surface area contributed by atoms with Crippen molar-refractivity contribution in [2.45, 2.75) is 133 Å². The summed E-state index contributed by atoms with van der Waals surface area (Å²) >= 11 is 0. The number of carboxylic acid groups (broad SMARTS) is 4. The average Bonchev–Trinajstić information content (AvgIpc) is 3.14. The second kappa shape index (κ2) is 28.1. The van der Waals surface area contributed by atoms with Crippen LogP contribution in [-0.2, 0) is 57.5 Å². The number of carboxylic acids is 4. The van der Waals surface area contributed by atoms with E-state index in [0.29, 0.717) is 6.42 Å². The number of unbranched alkanes of at least 4 members (excludes halogenated alkanes) is 1. The molecule has 0 saturated heterocycles. The summed E-state index contributed by atoms with van der Waals surface area (Å²) in [6.07, 6.45) is -4.79. The van der Waals surface area contributed by atoms with E-state index < -0.39 is 158 Å². The van der Waals surface area contributed by atoms with Crippen molar-refractivity contribution in [2.75, 3.05) is 6.54 Å². The Bertz CT molecular complexity index is 1610. The second-order valence-electron chi connectivity index (χ2n) is 14.4. The standard InChI is InChI=1S/C35H58N10O16/c1-16(2)13-21(43-29(54)17(37)6-10-26(48)49)33(58)42-20(8-11-27(50)51)31(56)44-22(15-28(52)53)34(59)40-18(5-3-4-12-36)30(55)41-19(7-9-24(38)46)32(57)45-23(35(60)61)14-25(39)47/h16-23H,3-15,36-37H2,1-2H3,(H2,38,46)(H2,39,47)(H,40,59)(H,41,55)(H,42,58)(H,43,54)(H,44,56)(H,45,57)(H,48,49)(H,50,51)(H,52,53)(H,60,61)/t17-,18-,19-,20-,21-,22-,23-/m0/s1. The van der Waals surface area contributed by atoms with Crippen molar-refractivity contribution in [1.29, 1.82) is 0 Å². The fourth-order valence-electron chi connectivity index (χ4n) is 5.39. The summed E-state index contributed by atoms with van der Waals surface area (Å²) < 4.78 is 0. The Morgan fingerprint density at radius 2 is 0.869 bits per heavy atom. The molecule has 0 saturated carbocycles. The van der Waals surface area contributed by atoms with E-state index in [2.05, 4.69) is 26.6 Å². The molecule has 0 fully saturated rings. The van der Waals surface area contributed by atoms with Crippen LogP contribution in [0.4, 0.5) is 0 Å². The minimum atomic E-state index is -1.99. The fraction of sp³-hybridized carbons (Fsp3) is 0.657. The van der Waals surface area contributed by atoms with E-state index in [-0.39, 0.29) is 38.1 Å². The Kier molecular flexibility index (Phi) is 25.1. The molecule has 0 bridgehead atoms. The summed E-state index contributed by atoms with van der Waals surface area (Å²) in [6.45, 7) is 3.49. The van der Waals surface area contributed by atoms with Crippen LogP contribution in [0.1, 0.15) is 90.9 Å². The van der Waals surface area contributed by atoms with Gasteiger partial charge in [-0.05, 0) is 57.4 Å². The highest BCUT2D eigenvalue weighted by molar-refractivity contribution is 5.98. The molecule has 18 N–H and O–H groups in total. The van der Waals surface area contributed by atoms with E-state index in [1.807, 2.05) is 5.32 Å². The van der Waals surface area contributed by atoms with Crippen molar-refractivity contribution in [3.63, 3.8) is 0 Å². The smallest absolute Gasteiger partial charge is 0.326 e. The zero-order chi connectivity index (χ0) is 47.0. The maximum atomic E-state index is 13.6. The Balaban J connectivity index is 6.53. The zero-order valence-corrected chi connectivity index (χ0v) is 33.8. The van der Waals surface area contributed by atoms with E-state index in [1.54, 1.807) is 13.8 Å². The lowest BCUT2D eigenvalue weighted by molar-refractivity contribution is -0.144. The molecule has 26 nitrogen and oxygen atoms in total. The van der Waals surface area contributed by atoms with Crippen molar-refractivity contribution in [1.82, 2.24) is 31.9 Å². The van der Waals surface area contributed by atoms with Crippen LogP contribution >= 0.6 is 0 Å². The van der Waals surface area contributed by atoms with E-state index in [9.17, 15) is 72.9 Å². The first-order valence-corrected chi connectivity index (χ1v) is 19.1. The number of carbonyl (C=O) groups is 12. The van der Waals surface area contributed by atoms with E-state index in [1.165, 1.54) is 0 Å². The molecule has 0 aliphatic carbocycles. The lowest BCUT2D eigenvalue weighted by Gasteiger charge is -2.27. The molecule has 344 valence electrons. The van der Waals surface area contributed by atoms with Gasteiger partial charge in [0.25, 0.3) is 0 Å². The van der Waals surface area contributed by atoms with Crippen molar-refractivity contribution in [2.24, 2.45) is 28.9 Å². The normalized spacial score (nSPS) is 14.3. The van der Waals surface area contributed by atoms with Crippen molar-refractivity contribution in [3.05, 3.63) is 0 Å². The average molecular weight is 875 g/mol. The number of rotatable bonds is 32. The molecule has 0 aliphatic rings. The van der Waals surface area contributed by atoms with Crippen LogP contribution in [0.2, 0.25) is 0 Å². The molecule has 7 atom stereocenters. The molecule has 0 heterocycles. The molecule has 0 aromatic carbocycles. The van der Waals surface area contributed by atoms with Gasteiger partial charge in [0.05, 0.1) is 18.9 Å². The summed E-state index contributed by atoms with van der Waals surface area (Å²) in [5.74, 6) is -14.9. The molecular weight excluding hydrogens is 816 g/mol. The number of amides is 8. The topological polar surface area (TPSA) is 462 Å². The maximum absolute atomic E-state index is 13.6. The third kappa shape index (κ3) is 23.7. The van der Waals surface area contributed by atoms with Gasteiger partial charge in [0, 0.05) is 19.3 Å². The Morgan fingerprint density at radius 3 is 1.30 bits per heavy atom. The summed E-state index contributed by atoms with van der Waals surface area (Å²) in [4.78, 5) is 149. The predicted octanol–water partition coefficient (Wildman–Crippen LogP) is -5.17. The van der Waals surface area contributed by atoms with Gasteiger partial charge >= 0.3 is 23.9 Å². The van der Waals surface area contributed by atoms with Gasteiger partial charge in [-0.3, -0.25) is 52.7 Å². The molecule has 0 aromatic rings. The predicted molar refractivity (Wildman–Crippen MR) is 208 cm³/mol. The summed E-state index contributed by atoms with van der Waals surface area (Å²) in [7, 11) is 0. The number of aliphatic carboxylic acids is 4. The molecule has 0 rings (SSSR count). The molecule has 0 spiro atoms. The van der Waals surface area contributed by atoms with Gasteiger partial charge in [0.2, 0.25) is 47.3 Å². The molecule has 26 heteroatoms. The lowest BCUT2D eigenvalue weighted by Crippen LogP contribution is -2.60. The number of hydrogen-bond donors (Lipinski definition) is 14. The minimum absolute atomic E-state index is 0.0350. The molecule has 8 amide bonds. The number of primary amides is 2. The summed E-state index contributed by atoms with van der Waals surface area (Å²) in [5.41, 5.74) is 21.6. The highest BCUT2D eigenvalue weighted by Crippen LogP contribution is 2.10. The van der Waals surface area contributed by atoms with Gasteiger partial charge in [0.15, 0.2) is 0 Å². The third-order valence-electron chi connectivity index (χ3n) is 8.55. The lowest BCUT2D eigenvalue weighted by atomic mass is 10.0. The highest BCUT2D eigenvalue weighted by atomic mass is 16.4. The van der Waals surface area contributed by atoms with Crippen molar-refractivity contribution < 1.29 is 78.0 Å². The molecule has 0 unspecified atom stereocenters. The molecule has 0 aromatic heterocycles. The van der Waals surface area contributed by atoms with Crippen LogP contribution in [0, 0.1) is 5.92 Å². The van der Waals surface area contributed by atoms with Crippen LogP contribution in [0.5, 0.6) is 0 Å². The summed E-state index contributed by atoms with van der Waals surface area (Å²) in [5, 5.41) is 50.6. The number of nitrogens with one attached hydrogen (secondary N) is 6. The molecule has 61 heavy (non-hydrogen) atoms. The SMILES string of the molecule is CC(C)C[C@H](NC(=O)[C@@H](N)CCC(=O)O)C(=O)N[C@@H](CCC(=O)O)C(=O)N[C@@H](CC(=O)O)C(=O)N[C@@H](CCCCN)C(=O)N[C@@H](CCC(N)=O)C(=O)N[C@@H](CC(N)=O)C(=O)O. The van der Waals surface area contributed by atoms with Crippen molar-refractivity contribution in [3.8, 4) is 0 Å². The summed E-state index contributed by atoms with van der Waals surface area (Å²) in [6, 6.07) is -11.6. The largest absolute Gasteiger partial charge is 0.481 e. The van der Waals surface area contributed by atoms with Gasteiger partial charge in [-0.1, -0.05) is 13.8 Å². The molecule has 0 aliphatic heterocycles. The van der Waals surface area contributed by atoms with Crippen LogP contribution in [0.15, 0.2) is 0 Å². The van der Waals surface area contributed by atoms with Crippen LogP contribution in [-0.4, -0.2) is 140 Å². The fourth-order valence-corrected chi connectivity index (χ4v) is 5.39. The Morgan fingerprint density at radius 1 is 0.459 bits per heavy atom. The Labute approximate surface area is 349 Å². The first-order valence-electron chi connectivity index (χ1n) is 19.1. The van der Waals surface area contributed by atoms with E-state index >= 15 is 0 Å². The van der Waals surface area contributed by atoms with Gasteiger partial charge in [-0.2, -0.15) is 0 Å². The highest BCUT2D eigenvalue weighted by Gasteiger charge is 2.35. The van der Waals surface area contributed by atoms with E-state index in [4.69, 9.17) is 28.0 Å². The van der Waals surface area contributed by atoms with E-state index in [0.717, 1.165) is 0 Å². The van der Waals surface area contributed by atoms with Crippen LogP contribution < -0.4 is 54.8 Å². The van der Waals surface area contributed by atoms with Crippen molar-refractivity contribution >= 4 is 71.1 Å². The number of nitrogens with two attached hydrogens (primary N) is 4.